The van der Waals surface area contributed by atoms with Gasteiger partial charge in [-0.1, -0.05) is 42.8 Å². The van der Waals surface area contributed by atoms with E-state index in [0.29, 0.717) is 22.6 Å². The van der Waals surface area contributed by atoms with Gasteiger partial charge in [0.2, 0.25) is 0 Å². The smallest absolute Gasteiger partial charge is 0.343 e. The van der Waals surface area contributed by atoms with Crippen molar-refractivity contribution < 1.29 is 14.3 Å². The standard InChI is InChI=1S/C22H20N2O3/c25-21-18(23-20-13-5-2-8-14-24(20)21)15-17-11-6-7-12-19(17)27-22(26)16-9-3-1-4-10-16/h1,3-4,6-7,9-12,15H,2,5,8,13-14H2/b18-15-. The van der Waals surface area contributed by atoms with Crippen LogP contribution in [-0.4, -0.2) is 29.2 Å². The van der Waals surface area contributed by atoms with Crippen molar-refractivity contribution in [2.45, 2.75) is 25.7 Å². The van der Waals surface area contributed by atoms with Crippen molar-refractivity contribution in [1.82, 2.24) is 4.90 Å². The Morgan fingerprint density at radius 2 is 1.78 bits per heavy atom. The molecule has 0 radical (unpaired) electrons. The van der Waals surface area contributed by atoms with E-state index in [4.69, 9.17) is 4.74 Å². The summed E-state index contributed by atoms with van der Waals surface area (Å²) in [6.45, 7) is 0.722. The molecule has 0 aromatic heterocycles. The Morgan fingerprint density at radius 3 is 2.63 bits per heavy atom. The number of carbonyl (C=O) groups excluding carboxylic acids is 2. The first-order chi connectivity index (χ1) is 13.2. The fraction of sp³-hybridized carbons (Fsp3) is 0.227. The van der Waals surface area contributed by atoms with Crippen molar-refractivity contribution >= 4 is 23.8 Å². The summed E-state index contributed by atoms with van der Waals surface area (Å²) in [5.74, 6) is 0.756. The lowest BCUT2D eigenvalue weighted by molar-refractivity contribution is -0.122. The monoisotopic (exact) mass is 360 g/mol. The van der Waals surface area contributed by atoms with Gasteiger partial charge >= 0.3 is 5.97 Å². The van der Waals surface area contributed by atoms with Gasteiger partial charge in [0.15, 0.2) is 0 Å². The van der Waals surface area contributed by atoms with Crippen LogP contribution in [0.2, 0.25) is 0 Å². The van der Waals surface area contributed by atoms with Crippen molar-refractivity contribution in [1.29, 1.82) is 0 Å². The average molecular weight is 360 g/mol. The van der Waals surface area contributed by atoms with E-state index in [9.17, 15) is 9.59 Å². The highest BCUT2D eigenvalue weighted by Crippen LogP contribution is 2.27. The highest BCUT2D eigenvalue weighted by atomic mass is 16.5. The van der Waals surface area contributed by atoms with Crippen LogP contribution in [0.3, 0.4) is 0 Å². The summed E-state index contributed by atoms with van der Waals surface area (Å²) >= 11 is 0. The molecule has 2 aliphatic heterocycles. The molecule has 2 heterocycles. The Labute approximate surface area is 158 Å². The van der Waals surface area contributed by atoms with Gasteiger partial charge in [0.05, 0.1) is 5.56 Å². The Balaban J connectivity index is 1.61. The lowest BCUT2D eigenvalue weighted by atomic mass is 10.1. The number of benzene rings is 2. The van der Waals surface area contributed by atoms with Gasteiger partial charge in [0, 0.05) is 18.5 Å². The summed E-state index contributed by atoms with van der Waals surface area (Å²) in [7, 11) is 0. The second-order valence-corrected chi connectivity index (χ2v) is 6.62. The predicted octanol–water partition coefficient (Wildman–Crippen LogP) is 4.06. The zero-order valence-corrected chi connectivity index (χ0v) is 14.9. The Kier molecular flexibility index (Phi) is 4.83. The second kappa shape index (κ2) is 7.58. The first-order valence-corrected chi connectivity index (χ1v) is 9.20. The minimum Gasteiger partial charge on any atom is -0.422 e. The number of aliphatic imine (C=N–C) groups is 1. The predicted molar refractivity (Wildman–Crippen MR) is 103 cm³/mol. The van der Waals surface area contributed by atoms with E-state index in [1.54, 1.807) is 47.4 Å². The SMILES string of the molecule is O=C(Oc1ccccc1/C=C1\N=C2CCCCCN2C1=O)c1ccccc1. The van der Waals surface area contributed by atoms with E-state index in [-0.39, 0.29) is 5.91 Å². The number of nitrogens with zero attached hydrogens (tertiary/aromatic N) is 2. The largest absolute Gasteiger partial charge is 0.422 e. The molecular formula is C22H20N2O3. The van der Waals surface area contributed by atoms with Crippen LogP contribution in [0.4, 0.5) is 0 Å². The molecule has 0 unspecified atom stereocenters. The third kappa shape index (κ3) is 3.67. The number of amidine groups is 1. The molecule has 1 amide bonds. The van der Waals surface area contributed by atoms with Gasteiger partial charge < -0.3 is 4.74 Å². The lowest BCUT2D eigenvalue weighted by Crippen LogP contribution is -2.31. The van der Waals surface area contributed by atoms with Gasteiger partial charge in [-0.25, -0.2) is 9.79 Å². The van der Waals surface area contributed by atoms with Crippen molar-refractivity contribution in [3.05, 3.63) is 71.4 Å². The van der Waals surface area contributed by atoms with Crippen LogP contribution in [0.1, 0.15) is 41.6 Å². The molecular weight excluding hydrogens is 340 g/mol. The van der Waals surface area contributed by atoms with Crippen LogP contribution < -0.4 is 4.74 Å². The number of fused-ring (bicyclic) bond motifs is 1. The topological polar surface area (TPSA) is 59.0 Å². The molecule has 0 bridgehead atoms. The summed E-state index contributed by atoms with van der Waals surface area (Å²) < 4.78 is 5.56. The molecule has 0 atom stereocenters. The molecule has 1 fully saturated rings. The van der Waals surface area contributed by atoms with Crippen LogP contribution in [0.15, 0.2) is 65.3 Å². The zero-order valence-electron chi connectivity index (χ0n) is 14.9. The number of rotatable bonds is 3. The molecule has 0 aliphatic carbocycles. The van der Waals surface area contributed by atoms with E-state index in [1.807, 2.05) is 18.2 Å². The molecule has 5 nitrogen and oxygen atoms in total. The molecule has 0 spiro atoms. The van der Waals surface area contributed by atoms with Crippen molar-refractivity contribution in [2.75, 3.05) is 6.54 Å². The molecule has 2 aliphatic rings. The zero-order chi connectivity index (χ0) is 18.6. The maximum atomic E-state index is 12.7. The summed E-state index contributed by atoms with van der Waals surface area (Å²) in [6.07, 6.45) is 5.72. The molecule has 0 saturated carbocycles. The minimum absolute atomic E-state index is 0.0731. The van der Waals surface area contributed by atoms with Crippen LogP contribution in [-0.2, 0) is 4.79 Å². The van der Waals surface area contributed by atoms with Gasteiger partial charge in [-0.2, -0.15) is 0 Å². The molecule has 0 N–H and O–H groups in total. The van der Waals surface area contributed by atoms with Crippen molar-refractivity contribution in [2.24, 2.45) is 4.99 Å². The molecule has 27 heavy (non-hydrogen) atoms. The number of hydrogen-bond acceptors (Lipinski definition) is 4. The van der Waals surface area contributed by atoms with Crippen LogP contribution in [0, 0.1) is 0 Å². The summed E-state index contributed by atoms with van der Waals surface area (Å²) in [4.78, 5) is 31.4. The number of hydrogen-bond donors (Lipinski definition) is 0. The van der Waals surface area contributed by atoms with Crippen LogP contribution >= 0.6 is 0 Å². The van der Waals surface area contributed by atoms with Crippen LogP contribution in [0.25, 0.3) is 6.08 Å². The average Bonchev–Trinajstić information content (AvgIpc) is 2.86. The molecule has 1 saturated heterocycles. The molecule has 5 heteroatoms. The number of esters is 1. The van der Waals surface area contributed by atoms with Crippen LogP contribution in [0.5, 0.6) is 5.75 Å². The number of ether oxygens (including phenoxy) is 1. The van der Waals surface area contributed by atoms with E-state index < -0.39 is 5.97 Å². The Hall–Kier alpha value is -3.21. The van der Waals surface area contributed by atoms with Gasteiger partial charge in [-0.05, 0) is 37.1 Å². The normalized spacial score (nSPS) is 18.1. The van der Waals surface area contributed by atoms with E-state index in [2.05, 4.69) is 4.99 Å². The van der Waals surface area contributed by atoms with Crippen molar-refractivity contribution in [3.63, 3.8) is 0 Å². The minimum atomic E-state index is -0.431. The fourth-order valence-electron chi connectivity index (χ4n) is 3.32. The fourth-order valence-corrected chi connectivity index (χ4v) is 3.32. The third-order valence-corrected chi connectivity index (χ3v) is 4.73. The van der Waals surface area contributed by atoms with Gasteiger partial charge in [-0.3, -0.25) is 9.69 Å². The van der Waals surface area contributed by atoms with Gasteiger partial charge in [0.1, 0.15) is 17.3 Å². The number of amides is 1. The second-order valence-electron chi connectivity index (χ2n) is 6.62. The maximum Gasteiger partial charge on any atom is 0.343 e. The van der Waals surface area contributed by atoms with Gasteiger partial charge in [0.25, 0.3) is 5.91 Å². The quantitative estimate of drug-likeness (QED) is 0.471. The maximum absolute atomic E-state index is 12.7. The summed E-state index contributed by atoms with van der Waals surface area (Å²) in [6, 6.07) is 16.0. The van der Waals surface area contributed by atoms with E-state index in [0.717, 1.165) is 38.1 Å². The Bertz CT molecular complexity index is 932. The van der Waals surface area contributed by atoms with Gasteiger partial charge in [-0.15, -0.1) is 0 Å². The molecule has 136 valence electrons. The molecule has 4 rings (SSSR count). The van der Waals surface area contributed by atoms with E-state index >= 15 is 0 Å². The van der Waals surface area contributed by atoms with E-state index in [1.165, 1.54) is 0 Å². The first-order valence-electron chi connectivity index (χ1n) is 9.20. The molecule has 2 aromatic carbocycles. The number of carbonyl (C=O) groups is 2. The highest BCUT2D eigenvalue weighted by molar-refractivity contribution is 6.14. The Morgan fingerprint density at radius 1 is 1.00 bits per heavy atom. The van der Waals surface area contributed by atoms with Crippen molar-refractivity contribution in [3.8, 4) is 5.75 Å². The number of para-hydroxylation sites is 1. The summed E-state index contributed by atoms with van der Waals surface area (Å²) in [5, 5.41) is 0. The third-order valence-electron chi connectivity index (χ3n) is 4.73. The highest BCUT2D eigenvalue weighted by Gasteiger charge is 2.30. The summed E-state index contributed by atoms with van der Waals surface area (Å²) in [5.41, 5.74) is 1.53. The first kappa shape index (κ1) is 17.2. The lowest BCUT2D eigenvalue weighted by Gasteiger charge is -2.14. The molecule has 2 aromatic rings.